The first-order chi connectivity index (χ1) is 10.3. The molecule has 0 saturated carbocycles. The molecule has 4 rings (SSSR count). The summed E-state index contributed by atoms with van der Waals surface area (Å²) >= 11 is 0. The lowest BCUT2D eigenvalue weighted by atomic mass is 10.1. The average molecular weight is 289 g/mol. The van der Waals surface area contributed by atoms with E-state index in [9.17, 15) is 4.79 Å². The molecule has 2 fully saturated rings. The molecule has 1 aromatic carbocycles. The molecule has 0 aliphatic carbocycles. The summed E-state index contributed by atoms with van der Waals surface area (Å²) in [6.45, 7) is 4.14. The molecule has 1 N–H and O–H groups in total. The van der Waals surface area contributed by atoms with Crippen LogP contribution in [0.3, 0.4) is 0 Å². The Hall–Kier alpha value is -1.43. The van der Waals surface area contributed by atoms with E-state index >= 15 is 0 Å². The Balaban J connectivity index is 1.70. The molecule has 1 spiro atoms. The number of benzene rings is 1. The van der Waals surface area contributed by atoms with Gasteiger partial charge in [0.2, 0.25) is 0 Å². The van der Waals surface area contributed by atoms with Crippen LogP contribution in [0.5, 0.6) is 0 Å². The van der Waals surface area contributed by atoms with E-state index in [2.05, 4.69) is 0 Å². The van der Waals surface area contributed by atoms with Crippen LogP contribution in [0, 0.1) is 0 Å². The number of carbonyl (C=O) groups is 1. The van der Waals surface area contributed by atoms with E-state index in [1.807, 2.05) is 29.2 Å². The molecule has 3 aliphatic rings. The smallest absolute Gasteiger partial charge is 0.296 e. The molecule has 0 radical (unpaired) electrons. The van der Waals surface area contributed by atoms with Crippen LogP contribution in [0.4, 0.5) is 5.69 Å². The van der Waals surface area contributed by atoms with Crippen LogP contribution in [-0.2, 0) is 20.1 Å². The molecule has 21 heavy (non-hydrogen) atoms. The van der Waals surface area contributed by atoms with Gasteiger partial charge in [0.25, 0.3) is 11.7 Å². The predicted molar refractivity (Wildman–Crippen MR) is 76.9 cm³/mol. The maximum absolute atomic E-state index is 13.0. The fourth-order valence-electron chi connectivity index (χ4n) is 3.61. The molecule has 1 aromatic rings. The number of amides is 1. The number of likely N-dealkylation sites (tertiary alicyclic amines) is 1. The summed E-state index contributed by atoms with van der Waals surface area (Å²) in [4.78, 5) is 16.3. The minimum absolute atomic E-state index is 0.0530. The van der Waals surface area contributed by atoms with Gasteiger partial charge in [-0.25, -0.2) is 0 Å². The van der Waals surface area contributed by atoms with Gasteiger partial charge < -0.3 is 14.4 Å². The highest BCUT2D eigenvalue weighted by molar-refractivity contribution is 6.05. The van der Waals surface area contributed by atoms with Crippen molar-refractivity contribution in [3.05, 3.63) is 29.8 Å². The number of carbonyl (C=O) groups excluding carboxylic acids is 1. The number of quaternary nitrogens is 1. The number of ether oxygens (including phenoxy) is 2. The second kappa shape index (κ2) is 5.09. The van der Waals surface area contributed by atoms with Gasteiger partial charge in [0, 0.05) is 18.4 Å². The Kier molecular flexibility index (Phi) is 3.21. The topological polar surface area (TPSA) is 43.2 Å². The molecule has 0 unspecified atom stereocenters. The number of nitrogens with zero attached hydrogens (tertiary/aromatic N) is 1. The lowest BCUT2D eigenvalue weighted by Crippen LogP contribution is -3.11. The Morgan fingerprint density at radius 3 is 2.57 bits per heavy atom. The van der Waals surface area contributed by atoms with Gasteiger partial charge >= 0.3 is 0 Å². The molecule has 3 aliphatic heterocycles. The number of rotatable bonds is 2. The third kappa shape index (κ3) is 1.99. The van der Waals surface area contributed by atoms with Gasteiger partial charge in [-0.1, -0.05) is 18.2 Å². The van der Waals surface area contributed by atoms with Crippen molar-refractivity contribution in [2.45, 2.75) is 25.0 Å². The quantitative estimate of drug-likeness (QED) is 0.849. The van der Waals surface area contributed by atoms with Crippen LogP contribution in [0.2, 0.25) is 0 Å². The molecule has 2 saturated heterocycles. The molecular formula is C16H21N2O3+. The third-order valence-electron chi connectivity index (χ3n) is 4.67. The van der Waals surface area contributed by atoms with Crippen molar-refractivity contribution in [3.63, 3.8) is 0 Å². The number of hydrogen-bond donors (Lipinski definition) is 1. The van der Waals surface area contributed by atoms with Crippen molar-refractivity contribution >= 4 is 11.6 Å². The summed E-state index contributed by atoms with van der Waals surface area (Å²) in [6, 6.07) is 7.87. The van der Waals surface area contributed by atoms with Crippen LogP contribution in [0.25, 0.3) is 0 Å². The second-order valence-corrected chi connectivity index (χ2v) is 6.03. The fraction of sp³-hybridized carbons (Fsp3) is 0.562. The fourth-order valence-corrected chi connectivity index (χ4v) is 3.61. The van der Waals surface area contributed by atoms with Crippen molar-refractivity contribution < 1.29 is 19.2 Å². The average Bonchev–Trinajstić information content (AvgIpc) is 3.12. The van der Waals surface area contributed by atoms with Gasteiger partial charge in [-0.3, -0.25) is 9.69 Å². The van der Waals surface area contributed by atoms with Gasteiger partial charge in [-0.05, 0) is 12.5 Å². The third-order valence-corrected chi connectivity index (χ3v) is 4.67. The summed E-state index contributed by atoms with van der Waals surface area (Å²) < 4.78 is 11.7. The van der Waals surface area contributed by atoms with Crippen molar-refractivity contribution in [3.8, 4) is 0 Å². The van der Waals surface area contributed by atoms with Crippen molar-refractivity contribution in [1.29, 1.82) is 0 Å². The van der Waals surface area contributed by atoms with E-state index in [-0.39, 0.29) is 5.91 Å². The normalized spacial score (nSPS) is 24.8. The van der Waals surface area contributed by atoms with Crippen LogP contribution in [0.15, 0.2) is 24.3 Å². The minimum atomic E-state index is -1.19. The SMILES string of the molecule is O=C1N(C[NH+]2CCCC2)c2ccccc2C12OCCCO2. The molecule has 0 atom stereocenters. The first-order valence-electron chi connectivity index (χ1n) is 7.84. The predicted octanol–water partition coefficient (Wildman–Crippen LogP) is 0.259. The minimum Gasteiger partial charge on any atom is -0.338 e. The van der Waals surface area contributed by atoms with E-state index in [4.69, 9.17) is 9.47 Å². The lowest BCUT2D eigenvalue weighted by molar-refractivity contribution is -0.886. The number of fused-ring (bicyclic) bond motifs is 2. The lowest BCUT2D eigenvalue weighted by Gasteiger charge is -2.32. The van der Waals surface area contributed by atoms with Crippen LogP contribution >= 0.6 is 0 Å². The van der Waals surface area contributed by atoms with E-state index in [0.717, 1.165) is 30.8 Å². The zero-order valence-electron chi connectivity index (χ0n) is 12.1. The molecule has 112 valence electrons. The summed E-state index contributed by atoms with van der Waals surface area (Å²) in [7, 11) is 0. The van der Waals surface area contributed by atoms with Gasteiger partial charge in [0.05, 0.1) is 32.0 Å². The Morgan fingerprint density at radius 1 is 1.10 bits per heavy atom. The highest BCUT2D eigenvalue weighted by atomic mass is 16.7. The number of hydrogen-bond acceptors (Lipinski definition) is 3. The van der Waals surface area contributed by atoms with Gasteiger partial charge in [0.15, 0.2) is 6.67 Å². The first kappa shape index (κ1) is 13.2. The number of para-hydroxylation sites is 1. The van der Waals surface area contributed by atoms with E-state index in [1.54, 1.807) is 0 Å². The van der Waals surface area contributed by atoms with Crippen LogP contribution < -0.4 is 9.80 Å². The molecule has 3 heterocycles. The van der Waals surface area contributed by atoms with Gasteiger partial charge in [-0.15, -0.1) is 0 Å². The van der Waals surface area contributed by atoms with E-state index < -0.39 is 5.79 Å². The Morgan fingerprint density at radius 2 is 1.81 bits per heavy atom. The zero-order valence-corrected chi connectivity index (χ0v) is 12.1. The van der Waals surface area contributed by atoms with Crippen LogP contribution in [-0.4, -0.2) is 38.9 Å². The first-order valence-corrected chi connectivity index (χ1v) is 7.84. The monoisotopic (exact) mass is 289 g/mol. The molecular weight excluding hydrogens is 268 g/mol. The standard InChI is InChI=1S/C16H20N2O3/c19-15-16(20-10-5-11-21-16)13-6-1-2-7-14(13)18(15)12-17-8-3-4-9-17/h1-2,6-7H,3-5,8-12H2/p+1. The maximum Gasteiger partial charge on any atom is 0.296 e. The number of nitrogens with one attached hydrogen (secondary N) is 1. The second-order valence-electron chi connectivity index (χ2n) is 6.03. The van der Waals surface area contributed by atoms with Crippen molar-refractivity contribution in [1.82, 2.24) is 0 Å². The highest BCUT2D eigenvalue weighted by Crippen LogP contribution is 2.44. The summed E-state index contributed by atoms with van der Waals surface area (Å²) in [5.41, 5.74) is 1.82. The number of anilines is 1. The summed E-state index contributed by atoms with van der Waals surface area (Å²) in [5, 5.41) is 0. The Labute approximate surface area is 124 Å². The van der Waals surface area contributed by atoms with Crippen molar-refractivity contribution in [2.24, 2.45) is 0 Å². The van der Waals surface area contributed by atoms with E-state index in [1.165, 1.54) is 17.7 Å². The maximum atomic E-state index is 13.0. The Bertz CT molecular complexity index is 548. The van der Waals surface area contributed by atoms with Crippen LogP contribution in [0.1, 0.15) is 24.8 Å². The molecule has 1 amide bonds. The van der Waals surface area contributed by atoms with E-state index in [0.29, 0.717) is 19.9 Å². The molecule has 5 heteroatoms. The molecule has 5 nitrogen and oxygen atoms in total. The van der Waals surface area contributed by atoms with Gasteiger partial charge in [-0.2, -0.15) is 0 Å². The van der Waals surface area contributed by atoms with Crippen molar-refractivity contribution in [2.75, 3.05) is 37.9 Å². The summed E-state index contributed by atoms with van der Waals surface area (Å²) in [5.74, 6) is -1.24. The highest BCUT2D eigenvalue weighted by Gasteiger charge is 2.55. The molecule has 0 aromatic heterocycles. The largest absolute Gasteiger partial charge is 0.338 e. The zero-order chi connectivity index (χ0) is 14.3. The summed E-state index contributed by atoms with van der Waals surface area (Å²) in [6.07, 6.45) is 3.34. The van der Waals surface area contributed by atoms with Gasteiger partial charge in [0.1, 0.15) is 0 Å². The molecule has 0 bridgehead atoms.